The molecule has 0 spiro atoms. The van der Waals surface area contributed by atoms with Crippen molar-refractivity contribution in [3.63, 3.8) is 0 Å². The van der Waals surface area contributed by atoms with Crippen molar-refractivity contribution in [2.45, 2.75) is 0 Å². The Kier molecular flexibility index (Phi) is 3.16. The molecule has 2 aromatic carbocycles. The third-order valence-electron chi connectivity index (χ3n) is 3.39. The van der Waals surface area contributed by atoms with Gasteiger partial charge in [0.25, 0.3) is 0 Å². The molecule has 0 saturated carbocycles. The first-order chi connectivity index (χ1) is 11.1. The lowest BCUT2D eigenvalue weighted by molar-refractivity contribution is 0.174. The minimum Gasteiger partial charge on any atom is -0.454 e. The molecule has 1 aromatic heterocycles. The molecule has 5 nitrogen and oxygen atoms in total. The van der Waals surface area contributed by atoms with Gasteiger partial charge in [-0.1, -0.05) is 11.6 Å². The molecule has 0 radical (unpaired) electrons. The van der Waals surface area contributed by atoms with E-state index in [2.05, 4.69) is 15.3 Å². The summed E-state index contributed by atoms with van der Waals surface area (Å²) in [7, 11) is 0. The summed E-state index contributed by atoms with van der Waals surface area (Å²) in [6.45, 7) is 0.0639. The Morgan fingerprint density at radius 1 is 1.13 bits per heavy atom. The van der Waals surface area contributed by atoms with E-state index >= 15 is 0 Å². The monoisotopic (exact) mass is 335 g/mol. The van der Waals surface area contributed by atoms with Gasteiger partial charge >= 0.3 is 0 Å². The van der Waals surface area contributed by atoms with Gasteiger partial charge in [0, 0.05) is 12.1 Å². The van der Waals surface area contributed by atoms with Crippen LogP contribution in [-0.2, 0) is 0 Å². The fraction of sp³-hybridized carbons (Fsp3) is 0.0667. The Morgan fingerprint density at radius 2 is 2.00 bits per heavy atom. The van der Waals surface area contributed by atoms with Crippen LogP contribution in [0.5, 0.6) is 11.5 Å². The summed E-state index contributed by atoms with van der Waals surface area (Å²) in [5, 5.41) is 3.33. The standard InChI is InChI=1S/C15H8ClF2N3O2/c16-8-1-2-11-14(23-6-22-11)13(8)21-15-12-9(18)3-7(17)4-10(12)19-5-20-15/h1-5H,6H2,(H,19,20,21). The summed E-state index contributed by atoms with van der Waals surface area (Å²) in [5.41, 5.74) is 0.534. The topological polar surface area (TPSA) is 56.3 Å². The molecule has 4 rings (SSSR count). The van der Waals surface area contributed by atoms with Crippen LogP contribution in [0.25, 0.3) is 10.9 Å². The second-order valence-electron chi connectivity index (χ2n) is 4.79. The number of ether oxygens (including phenoxy) is 2. The van der Waals surface area contributed by atoms with Crippen molar-refractivity contribution in [3.05, 3.63) is 47.2 Å². The van der Waals surface area contributed by atoms with E-state index in [1.165, 1.54) is 6.33 Å². The number of hydrogen-bond donors (Lipinski definition) is 1. The summed E-state index contributed by atoms with van der Waals surface area (Å²) >= 11 is 6.18. The van der Waals surface area contributed by atoms with Gasteiger partial charge in [-0.15, -0.1) is 0 Å². The fourth-order valence-electron chi connectivity index (χ4n) is 2.39. The van der Waals surface area contributed by atoms with E-state index in [9.17, 15) is 8.78 Å². The number of aromatic nitrogens is 2. The molecule has 0 aliphatic carbocycles. The maximum Gasteiger partial charge on any atom is 0.231 e. The Bertz CT molecular complexity index is 936. The number of anilines is 2. The highest BCUT2D eigenvalue weighted by atomic mass is 35.5. The highest BCUT2D eigenvalue weighted by Gasteiger charge is 2.22. The summed E-state index contributed by atoms with van der Waals surface area (Å²) in [6, 6.07) is 5.19. The van der Waals surface area contributed by atoms with E-state index in [-0.39, 0.29) is 23.5 Å². The zero-order chi connectivity index (χ0) is 16.0. The highest BCUT2D eigenvalue weighted by Crippen LogP contribution is 2.45. The first-order valence-electron chi connectivity index (χ1n) is 6.58. The van der Waals surface area contributed by atoms with Crippen LogP contribution in [0.2, 0.25) is 5.02 Å². The Morgan fingerprint density at radius 3 is 2.87 bits per heavy atom. The minimum absolute atomic E-state index is 0.0569. The highest BCUT2D eigenvalue weighted by molar-refractivity contribution is 6.34. The van der Waals surface area contributed by atoms with Gasteiger partial charge in [-0.3, -0.25) is 0 Å². The van der Waals surface area contributed by atoms with Gasteiger partial charge in [-0.25, -0.2) is 18.7 Å². The zero-order valence-corrected chi connectivity index (χ0v) is 12.2. The maximum absolute atomic E-state index is 14.1. The van der Waals surface area contributed by atoms with Crippen LogP contribution in [0.3, 0.4) is 0 Å². The molecule has 0 atom stereocenters. The Labute approximate surface area is 133 Å². The van der Waals surface area contributed by atoms with Crippen LogP contribution in [-0.4, -0.2) is 16.8 Å². The Hall–Kier alpha value is -2.67. The van der Waals surface area contributed by atoms with E-state index in [0.717, 1.165) is 12.1 Å². The molecule has 116 valence electrons. The lowest BCUT2D eigenvalue weighted by atomic mass is 10.2. The molecule has 1 aliphatic heterocycles. The third-order valence-corrected chi connectivity index (χ3v) is 3.70. The molecule has 0 saturated heterocycles. The number of nitrogens with zero attached hydrogens (tertiary/aromatic N) is 2. The van der Waals surface area contributed by atoms with Gasteiger partial charge in [0.05, 0.1) is 15.9 Å². The van der Waals surface area contributed by atoms with Gasteiger partial charge in [-0.2, -0.15) is 0 Å². The first-order valence-corrected chi connectivity index (χ1v) is 6.96. The predicted octanol–water partition coefficient (Wildman–Crippen LogP) is 4.03. The van der Waals surface area contributed by atoms with Crippen LogP contribution >= 0.6 is 11.6 Å². The quantitative estimate of drug-likeness (QED) is 0.766. The third kappa shape index (κ3) is 2.29. The molecule has 0 bridgehead atoms. The molecule has 1 aliphatic rings. The van der Waals surface area contributed by atoms with Gasteiger partial charge in [0.15, 0.2) is 11.5 Å². The molecule has 0 amide bonds. The fourth-order valence-corrected chi connectivity index (χ4v) is 2.58. The summed E-state index contributed by atoms with van der Waals surface area (Å²) in [5.74, 6) is -0.411. The smallest absolute Gasteiger partial charge is 0.231 e. The lowest BCUT2D eigenvalue weighted by Crippen LogP contribution is -2.00. The molecule has 0 fully saturated rings. The molecule has 0 unspecified atom stereocenters. The van der Waals surface area contributed by atoms with E-state index in [1.54, 1.807) is 12.1 Å². The minimum atomic E-state index is -0.774. The van der Waals surface area contributed by atoms with E-state index in [4.69, 9.17) is 21.1 Å². The zero-order valence-electron chi connectivity index (χ0n) is 11.4. The van der Waals surface area contributed by atoms with Crippen molar-refractivity contribution in [1.82, 2.24) is 9.97 Å². The molecule has 8 heteroatoms. The number of halogens is 3. The van der Waals surface area contributed by atoms with Gasteiger partial charge in [0.2, 0.25) is 6.79 Å². The van der Waals surface area contributed by atoms with Gasteiger partial charge < -0.3 is 14.8 Å². The van der Waals surface area contributed by atoms with Crippen molar-refractivity contribution in [3.8, 4) is 11.5 Å². The molecule has 1 N–H and O–H groups in total. The van der Waals surface area contributed by atoms with Crippen molar-refractivity contribution in [2.75, 3.05) is 12.1 Å². The summed E-state index contributed by atoms with van der Waals surface area (Å²) in [6.07, 6.45) is 1.21. The van der Waals surface area contributed by atoms with Gasteiger partial charge in [0.1, 0.15) is 29.5 Å². The van der Waals surface area contributed by atoms with Crippen molar-refractivity contribution in [1.29, 1.82) is 0 Å². The predicted molar refractivity (Wildman–Crippen MR) is 80.3 cm³/mol. The first kappa shape index (κ1) is 14.0. The average Bonchev–Trinajstić information content (AvgIpc) is 2.98. The number of fused-ring (bicyclic) bond motifs is 2. The lowest BCUT2D eigenvalue weighted by Gasteiger charge is -2.12. The van der Waals surface area contributed by atoms with Crippen LogP contribution in [0, 0.1) is 11.6 Å². The summed E-state index contributed by atoms with van der Waals surface area (Å²) < 4.78 is 38.1. The van der Waals surface area contributed by atoms with Crippen LogP contribution in [0.15, 0.2) is 30.6 Å². The van der Waals surface area contributed by atoms with E-state index in [0.29, 0.717) is 22.2 Å². The second kappa shape index (κ2) is 5.20. The number of nitrogens with one attached hydrogen (secondary N) is 1. The second-order valence-corrected chi connectivity index (χ2v) is 5.19. The van der Waals surface area contributed by atoms with E-state index in [1.807, 2.05) is 0 Å². The summed E-state index contributed by atoms with van der Waals surface area (Å²) in [4.78, 5) is 7.90. The van der Waals surface area contributed by atoms with Gasteiger partial charge in [-0.05, 0) is 12.1 Å². The molecule has 3 aromatic rings. The number of rotatable bonds is 2. The van der Waals surface area contributed by atoms with Crippen molar-refractivity contribution >= 4 is 34.0 Å². The van der Waals surface area contributed by atoms with Crippen molar-refractivity contribution in [2.24, 2.45) is 0 Å². The number of benzene rings is 2. The van der Waals surface area contributed by atoms with Crippen LogP contribution in [0.1, 0.15) is 0 Å². The maximum atomic E-state index is 14.1. The normalized spacial score (nSPS) is 12.7. The van der Waals surface area contributed by atoms with Crippen LogP contribution in [0.4, 0.5) is 20.3 Å². The Balaban J connectivity index is 1.88. The molecule has 2 heterocycles. The van der Waals surface area contributed by atoms with Crippen LogP contribution < -0.4 is 14.8 Å². The largest absolute Gasteiger partial charge is 0.454 e. The average molecular weight is 336 g/mol. The number of hydrogen-bond acceptors (Lipinski definition) is 5. The van der Waals surface area contributed by atoms with E-state index < -0.39 is 11.6 Å². The molecular formula is C15H8ClF2N3O2. The molecule has 23 heavy (non-hydrogen) atoms. The molecular weight excluding hydrogens is 328 g/mol. The van der Waals surface area contributed by atoms with Crippen molar-refractivity contribution < 1.29 is 18.3 Å². The SMILES string of the molecule is Fc1cc(F)c2c(Nc3c(Cl)ccc4c3OCO4)ncnc2c1.